The molecular weight excluding hydrogens is 262 g/mol. The van der Waals surface area contributed by atoms with E-state index < -0.39 is 0 Å². The third-order valence-electron chi connectivity index (χ3n) is 1.94. The molecular formula is C9H12BrN3S. The van der Waals surface area contributed by atoms with Crippen molar-refractivity contribution < 1.29 is 0 Å². The van der Waals surface area contributed by atoms with E-state index >= 15 is 0 Å². The van der Waals surface area contributed by atoms with Gasteiger partial charge >= 0.3 is 0 Å². The molecule has 0 saturated heterocycles. The zero-order valence-corrected chi connectivity index (χ0v) is 10.1. The lowest BCUT2D eigenvalue weighted by molar-refractivity contribution is 0.671. The Morgan fingerprint density at radius 1 is 1.57 bits per heavy atom. The first-order valence-electron chi connectivity index (χ1n) is 4.58. The van der Waals surface area contributed by atoms with Gasteiger partial charge in [-0.25, -0.2) is 4.98 Å². The van der Waals surface area contributed by atoms with E-state index in [1.807, 2.05) is 11.6 Å². The molecule has 5 heteroatoms. The van der Waals surface area contributed by atoms with Gasteiger partial charge in [0.25, 0.3) is 0 Å². The SMILES string of the molecule is BrCCCNCc1cn2ccsc2n1. The van der Waals surface area contributed by atoms with Crippen LogP contribution in [0.2, 0.25) is 0 Å². The quantitative estimate of drug-likeness (QED) is 0.669. The molecule has 76 valence electrons. The number of aromatic nitrogens is 2. The maximum absolute atomic E-state index is 4.48. The maximum atomic E-state index is 4.48. The van der Waals surface area contributed by atoms with E-state index in [0.717, 1.165) is 35.5 Å². The summed E-state index contributed by atoms with van der Waals surface area (Å²) in [5.41, 5.74) is 1.12. The van der Waals surface area contributed by atoms with Gasteiger partial charge in [0.05, 0.1) is 5.69 Å². The fourth-order valence-corrected chi connectivity index (χ4v) is 2.27. The average Bonchev–Trinajstić information content (AvgIpc) is 2.72. The number of hydrogen-bond acceptors (Lipinski definition) is 3. The normalized spacial score (nSPS) is 11.2. The molecule has 0 spiro atoms. The van der Waals surface area contributed by atoms with Crippen LogP contribution in [0.4, 0.5) is 0 Å². The summed E-state index contributed by atoms with van der Waals surface area (Å²) in [5.74, 6) is 0. The summed E-state index contributed by atoms with van der Waals surface area (Å²) in [6.45, 7) is 1.90. The summed E-state index contributed by atoms with van der Waals surface area (Å²) in [7, 11) is 0. The van der Waals surface area contributed by atoms with Gasteiger partial charge in [0.1, 0.15) is 0 Å². The van der Waals surface area contributed by atoms with E-state index in [-0.39, 0.29) is 0 Å². The maximum Gasteiger partial charge on any atom is 0.193 e. The lowest BCUT2D eigenvalue weighted by Crippen LogP contribution is -2.15. The van der Waals surface area contributed by atoms with E-state index in [2.05, 4.69) is 36.8 Å². The smallest absolute Gasteiger partial charge is 0.193 e. The molecule has 2 aromatic rings. The second-order valence-corrected chi connectivity index (χ2v) is 4.71. The summed E-state index contributed by atoms with van der Waals surface area (Å²) in [6, 6.07) is 0. The van der Waals surface area contributed by atoms with Crippen LogP contribution in [0, 0.1) is 0 Å². The molecule has 0 aliphatic heterocycles. The Morgan fingerprint density at radius 2 is 2.50 bits per heavy atom. The number of thiazole rings is 1. The molecule has 2 heterocycles. The van der Waals surface area contributed by atoms with Gasteiger partial charge in [-0.3, -0.25) is 4.40 Å². The monoisotopic (exact) mass is 273 g/mol. The second-order valence-electron chi connectivity index (χ2n) is 3.04. The molecule has 1 N–H and O–H groups in total. The van der Waals surface area contributed by atoms with Gasteiger partial charge in [0.2, 0.25) is 0 Å². The van der Waals surface area contributed by atoms with Crippen molar-refractivity contribution in [2.45, 2.75) is 13.0 Å². The van der Waals surface area contributed by atoms with Crippen LogP contribution in [0.25, 0.3) is 4.96 Å². The zero-order valence-electron chi connectivity index (χ0n) is 7.74. The standard InChI is InChI=1S/C9H12BrN3S/c10-2-1-3-11-6-8-7-13-4-5-14-9(13)12-8/h4-5,7,11H,1-3,6H2. The predicted molar refractivity (Wildman–Crippen MR) is 63.2 cm³/mol. The van der Waals surface area contributed by atoms with Gasteiger partial charge in [0, 0.05) is 29.6 Å². The Balaban J connectivity index is 1.89. The molecule has 3 nitrogen and oxygen atoms in total. The number of hydrogen-bond donors (Lipinski definition) is 1. The highest BCUT2D eigenvalue weighted by Crippen LogP contribution is 2.10. The van der Waals surface area contributed by atoms with Crippen molar-refractivity contribution in [3.63, 3.8) is 0 Å². The van der Waals surface area contributed by atoms with Gasteiger partial charge < -0.3 is 5.32 Å². The minimum Gasteiger partial charge on any atom is -0.311 e. The topological polar surface area (TPSA) is 29.3 Å². The molecule has 0 aliphatic rings. The molecule has 0 aliphatic carbocycles. The third-order valence-corrected chi connectivity index (χ3v) is 3.27. The molecule has 0 aromatic carbocycles. The van der Waals surface area contributed by atoms with Crippen molar-refractivity contribution in [2.24, 2.45) is 0 Å². The molecule has 0 atom stereocenters. The van der Waals surface area contributed by atoms with Crippen LogP contribution in [0.3, 0.4) is 0 Å². The highest BCUT2D eigenvalue weighted by molar-refractivity contribution is 9.09. The predicted octanol–water partition coefficient (Wildman–Crippen LogP) is 2.27. The van der Waals surface area contributed by atoms with Crippen LogP contribution in [-0.2, 0) is 6.54 Å². The zero-order chi connectivity index (χ0) is 9.80. The number of rotatable bonds is 5. The molecule has 14 heavy (non-hydrogen) atoms. The van der Waals surface area contributed by atoms with Gasteiger partial charge in [-0.15, -0.1) is 11.3 Å². The molecule has 0 unspecified atom stereocenters. The minimum atomic E-state index is 0.862. The van der Waals surface area contributed by atoms with Crippen molar-refractivity contribution in [1.82, 2.24) is 14.7 Å². The van der Waals surface area contributed by atoms with Crippen LogP contribution in [0.1, 0.15) is 12.1 Å². The van der Waals surface area contributed by atoms with Crippen LogP contribution >= 0.6 is 27.3 Å². The van der Waals surface area contributed by atoms with Crippen molar-refractivity contribution in [2.75, 3.05) is 11.9 Å². The first kappa shape index (κ1) is 10.1. The fourth-order valence-electron chi connectivity index (χ4n) is 1.27. The van der Waals surface area contributed by atoms with Gasteiger partial charge in [0.15, 0.2) is 4.96 Å². The number of alkyl halides is 1. The molecule has 0 saturated carbocycles. The lowest BCUT2D eigenvalue weighted by atomic mass is 10.4. The van der Waals surface area contributed by atoms with Gasteiger partial charge in [-0.2, -0.15) is 0 Å². The van der Waals surface area contributed by atoms with E-state index in [4.69, 9.17) is 0 Å². The lowest BCUT2D eigenvalue weighted by Gasteiger charge is -1.98. The molecule has 0 bridgehead atoms. The average molecular weight is 274 g/mol. The van der Waals surface area contributed by atoms with Gasteiger partial charge in [-0.05, 0) is 13.0 Å². The highest BCUT2D eigenvalue weighted by Gasteiger charge is 2.00. The van der Waals surface area contributed by atoms with Crippen LogP contribution in [-0.4, -0.2) is 21.3 Å². The molecule has 0 radical (unpaired) electrons. The fraction of sp³-hybridized carbons (Fsp3) is 0.444. The molecule has 0 fully saturated rings. The minimum absolute atomic E-state index is 0.862. The summed E-state index contributed by atoms with van der Waals surface area (Å²) in [6.07, 6.45) is 5.27. The summed E-state index contributed by atoms with van der Waals surface area (Å²) >= 11 is 5.07. The van der Waals surface area contributed by atoms with Gasteiger partial charge in [-0.1, -0.05) is 15.9 Å². The third kappa shape index (κ3) is 2.34. The summed E-state index contributed by atoms with van der Waals surface area (Å²) < 4.78 is 2.06. The number of fused-ring (bicyclic) bond motifs is 1. The highest BCUT2D eigenvalue weighted by atomic mass is 79.9. The first-order chi connectivity index (χ1) is 6.90. The van der Waals surface area contributed by atoms with Crippen molar-refractivity contribution >= 4 is 32.2 Å². The molecule has 0 amide bonds. The number of nitrogens with zero attached hydrogens (tertiary/aromatic N) is 2. The Morgan fingerprint density at radius 3 is 3.29 bits per heavy atom. The first-order valence-corrected chi connectivity index (χ1v) is 6.58. The Labute approximate surface area is 95.3 Å². The van der Waals surface area contributed by atoms with Crippen LogP contribution in [0.5, 0.6) is 0 Å². The number of halogens is 1. The van der Waals surface area contributed by atoms with Crippen molar-refractivity contribution in [3.05, 3.63) is 23.5 Å². The largest absolute Gasteiger partial charge is 0.311 e. The number of imidazole rings is 1. The molecule has 2 aromatic heterocycles. The van der Waals surface area contributed by atoms with E-state index in [0.29, 0.717) is 0 Å². The van der Waals surface area contributed by atoms with E-state index in [1.54, 1.807) is 11.3 Å². The Kier molecular flexibility index (Phi) is 3.55. The van der Waals surface area contributed by atoms with E-state index in [9.17, 15) is 0 Å². The Bertz CT molecular complexity index is 367. The second kappa shape index (κ2) is 4.91. The molecule has 2 rings (SSSR count). The van der Waals surface area contributed by atoms with E-state index in [1.165, 1.54) is 0 Å². The Hall–Kier alpha value is -0.390. The van der Waals surface area contributed by atoms with Crippen LogP contribution in [0.15, 0.2) is 17.8 Å². The van der Waals surface area contributed by atoms with Crippen molar-refractivity contribution in [1.29, 1.82) is 0 Å². The number of nitrogens with one attached hydrogen (secondary N) is 1. The van der Waals surface area contributed by atoms with Crippen molar-refractivity contribution in [3.8, 4) is 0 Å². The van der Waals surface area contributed by atoms with Crippen LogP contribution < -0.4 is 5.32 Å². The summed E-state index contributed by atoms with van der Waals surface area (Å²) in [5, 5.41) is 6.45. The summed E-state index contributed by atoms with van der Waals surface area (Å²) in [4.78, 5) is 5.55.